The first-order valence-corrected chi connectivity index (χ1v) is 26.9. The third kappa shape index (κ3) is 49.9. The van der Waals surface area contributed by atoms with Gasteiger partial charge in [0.1, 0.15) is 13.2 Å². The van der Waals surface area contributed by atoms with Gasteiger partial charge in [-0.25, -0.2) is 0 Å². The Kier molecular flexibility index (Phi) is 49.9. The molecule has 0 amide bonds. The monoisotopic (exact) mass is 893 g/mol. The van der Waals surface area contributed by atoms with E-state index in [0.29, 0.717) is 19.3 Å². The molecule has 6 nitrogen and oxygen atoms in total. The van der Waals surface area contributed by atoms with Crippen molar-refractivity contribution in [3.05, 3.63) is 72.9 Å². The molecule has 0 aliphatic carbocycles. The second-order valence-corrected chi connectivity index (χ2v) is 17.8. The van der Waals surface area contributed by atoms with Crippen LogP contribution in [-0.4, -0.2) is 37.2 Å². The lowest BCUT2D eigenvalue weighted by Crippen LogP contribution is -2.30. The van der Waals surface area contributed by atoms with Gasteiger partial charge in [-0.15, -0.1) is 0 Å². The van der Waals surface area contributed by atoms with Gasteiger partial charge in [0.2, 0.25) is 0 Å². The fourth-order valence-electron chi connectivity index (χ4n) is 7.29. The standard InChI is InChI=1S/C58H100O6/c1-4-7-10-13-16-19-22-24-26-28-29-31-32-34-36-39-42-45-48-51-57(60)63-54-55(53-62-56(59)50-47-44-41-38-21-18-15-12-9-6-3)64-58(61)52-49-46-43-40-37-35-33-30-27-25-23-20-17-14-11-8-5-2/h15,17-18,20,25,27-29,33,35,40,43,55H,4-14,16,19,21-24,26,30-32,34,36-39,41-42,44-54H2,1-3H3/b18-15-,20-17-,27-25-,29-28-,35-33-,43-40-. The Morgan fingerprint density at radius 3 is 1.02 bits per heavy atom. The zero-order chi connectivity index (χ0) is 46.5. The summed E-state index contributed by atoms with van der Waals surface area (Å²) in [5.41, 5.74) is 0. The van der Waals surface area contributed by atoms with Gasteiger partial charge in [0.15, 0.2) is 6.10 Å². The van der Waals surface area contributed by atoms with Crippen molar-refractivity contribution in [2.75, 3.05) is 13.2 Å². The molecule has 0 aromatic carbocycles. The summed E-state index contributed by atoms with van der Waals surface area (Å²) >= 11 is 0. The molecule has 0 rings (SSSR count). The number of esters is 3. The van der Waals surface area contributed by atoms with E-state index in [1.54, 1.807) is 0 Å². The number of ether oxygens (including phenoxy) is 3. The van der Waals surface area contributed by atoms with Crippen LogP contribution in [0.2, 0.25) is 0 Å². The van der Waals surface area contributed by atoms with Crippen molar-refractivity contribution in [3.8, 4) is 0 Å². The normalized spacial score (nSPS) is 12.6. The summed E-state index contributed by atoms with van der Waals surface area (Å²) in [4.78, 5) is 37.9. The molecule has 0 fully saturated rings. The topological polar surface area (TPSA) is 78.9 Å². The molecule has 1 unspecified atom stereocenters. The van der Waals surface area contributed by atoms with E-state index < -0.39 is 6.10 Å². The summed E-state index contributed by atoms with van der Waals surface area (Å²) in [7, 11) is 0. The van der Waals surface area contributed by atoms with E-state index in [1.807, 2.05) is 0 Å². The average molecular weight is 893 g/mol. The molecule has 0 aromatic heterocycles. The molecule has 1 atom stereocenters. The minimum Gasteiger partial charge on any atom is -0.462 e. The Morgan fingerprint density at radius 1 is 0.312 bits per heavy atom. The zero-order valence-corrected chi connectivity index (χ0v) is 42.0. The minimum atomic E-state index is -0.809. The Morgan fingerprint density at radius 2 is 0.594 bits per heavy atom. The molecular formula is C58H100O6. The van der Waals surface area contributed by atoms with Gasteiger partial charge in [0.05, 0.1) is 0 Å². The maximum absolute atomic E-state index is 12.8. The number of carbonyl (C=O) groups is 3. The van der Waals surface area contributed by atoms with Crippen LogP contribution in [-0.2, 0) is 28.6 Å². The quantitative estimate of drug-likeness (QED) is 0.0262. The van der Waals surface area contributed by atoms with Gasteiger partial charge in [-0.05, 0) is 103 Å². The van der Waals surface area contributed by atoms with Crippen LogP contribution in [0.3, 0.4) is 0 Å². The van der Waals surface area contributed by atoms with E-state index in [9.17, 15) is 14.4 Å². The first-order chi connectivity index (χ1) is 31.5. The van der Waals surface area contributed by atoms with Gasteiger partial charge >= 0.3 is 17.9 Å². The zero-order valence-electron chi connectivity index (χ0n) is 42.0. The molecule has 0 N–H and O–H groups in total. The fraction of sp³-hybridized carbons (Fsp3) is 0.741. The number of hydrogen-bond donors (Lipinski definition) is 0. The van der Waals surface area contributed by atoms with E-state index >= 15 is 0 Å². The molecule has 0 saturated heterocycles. The van der Waals surface area contributed by atoms with E-state index in [-0.39, 0.29) is 37.5 Å². The van der Waals surface area contributed by atoms with Crippen molar-refractivity contribution in [2.24, 2.45) is 0 Å². The molecule has 0 bridgehead atoms. The lowest BCUT2D eigenvalue weighted by molar-refractivity contribution is -0.167. The number of hydrogen-bond acceptors (Lipinski definition) is 6. The van der Waals surface area contributed by atoms with Crippen LogP contribution in [0.15, 0.2) is 72.9 Å². The van der Waals surface area contributed by atoms with Crippen molar-refractivity contribution < 1.29 is 28.6 Å². The summed E-state index contributed by atoms with van der Waals surface area (Å²) in [5, 5.41) is 0. The van der Waals surface area contributed by atoms with Gasteiger partial charge in [-0.1, -0.05) is 209 Å². The van der Waals surface area contributed by atoms with Crippen LogP contribution >= 0.6 is 0 Å². The summed E-state index contributed by atoms with van der Waals surface area (Å²) in [6, 6.07) is 0. The SMILES string of the molecule is CCCC/C=C\CCCCCCC(=O)OCC(COC(=O)CCCCCCCCC/C=C\CCCCCCCCCC)OC(=O)CCC/C=C\C/C=C\C/C=C\C/C=C\CCCCC. The molecule has 0 aliphatic rings. The lowest BCUT2D eigenvalue weighted by Gasteiger charge is -2.18. The van der Waals surface area contributed by atoms with Crippen molar-refractivity contribution in [2.45, 2.75) is 264 Å². The van der Waals surface area contributed by atoms with E-state index in [1.165, 1.54) is 128 Å². The van der Waals surface area contributed by atoms with Crippen LogP contribution in [0.1, 0.15) is 258 Å². The maximum Gasteiger partial charge on any atom is 0.306 e. The van der Waals surface area contributed by atoms with Gasteiger partial charge < -0.3 is 14.2 Å². The molecular weight excluding hydrogens is 793 g/mol. The Labute approximate surface area is 395 Å². The Balaban J connectivity index is 4.42. The summed E-state index contributed by atoms with van der Waals surface area (Å²) in [5.74, 6) is -0.976. The van der Waals surface area contributed by atoms with Gasteiger partial charge in [0.25, 0.3) is 0 Å². The predicted molar refractivity (Wildman–Crippen MR) is 274 cm³/mol. The third-order valence-electron chi connectivity index (χ3n) is 11.4. The maximum atomic E-state index is 12.8. The molecule has 0 aromatic rings. The molecule has 6 heteroatoms. The molecule has 0 radical (unpaired) electrons. The highest BCUT2D eigenvalue weighted by atomic mass is 16.6. The summed E-state index contributed by atoms with van der Waals surface area (Å²) < 4.78 is 16.7. The van der Waals surface area contributed by atoms with Gasteiger partial charge in [0, 0.05) is 19.3 Å². The first kappa shape index (κ1) is 60.9. The molecule has 0 spiro atoms. The number of allylic oxidation sites excluding steroid dienone is 12. The average Bonchev–Trinajstić information content (AvgIpc) is 3.29. The van der Waals surface area contributed by atoms with Crippen LogP contribution in [0, 0.1) is 0 Å². The second kappa shape index (κ2) is 52.5. The van der Waals surface area contributed by atoms with Gasteiger partial charge in [-0.2, -0.15) is 0 Å². The van der Waals surface area contributed by atoms with Crippen LogP contribution in [0.25, 0.3) is 0 Å². The van der Waals surface area contributed by atoms with Crippen molar-refractivity contribution in [1.29, 1.82) is 0 Å². The van der Waals surface area contributed by atoms with Gasteiger partial charge in [-0.3, -0.25) is 14.4 Å². The van der Waals surface area contributed by atoms with Crippen molar-refractivity contribution in [1.82, 2.24) is 0 Å². The largest absolute Gasteiger partial charge is 0.462 e. The molecule has 0 saturated carbocycles. The lowest BCUT2D eigenvalue weighted by atomic mass is 10.1. The highest BCUT2D eigenvalue weighted by molar-refractivity contribution is 5.71. The highest BCUT2D eigenvalue weighted by Crippen LogP contribution is 2.14. The van der Waals surface area contributed by atoms with Crippen molar-refractivity contribution in [3.63, 3.8) is 0 Å². The number of unbranched alkanes of at least 4 members (excludes halogenated alkanes) is 25. The fourth-order valence-corrected chi connectivity index (χ4v) is 7.29. The molecule has 0 heterocycles. The number of carbonyl (C=O) groups excluding carboxylic acids is 3. The van der Waals surface area contributed by atoms with Crippen LogP contribution < -0.4 is 0 Å². The number of rotatable bonds is 48. The highest BCUT2D eigenvalue weighted by Gasteiger charge is 2.19. The first-order valence-electron chi connectivity index (χ1n) is 26.9. The Hall–Kier alpha value is -3.15. The summed E-state index contributed by atoms with van der Waals surface area (Å²) in [6.45, 7) is 6.51. The van der Waals surface area contributed by atoms with Crippen LogP contribution in [0.4, 0.5) is 0 Å². The van der Waals surface area contributed by atoms with E-state index in [4.69, 9.17) is 14.2 Å². The molecule has 368 valence electrons. The predicted octanol–water partition coefficient (Wildman–Crippen LogP) is 17.8. The molecule has 64 heavy (non-hydrogen) atoms. The smallest absolute Gasteiger partial charge is 0.306 e. The van der Waals surface area contributed by atoms with Crippen LogP contribution in [0.5, 0.6) is 0 Å². The Bertz CT molecular complexity index is 1210. The van der Waals surface area contributed by atoms with E-state index in [2.05, 4.69) is 93.7 Å². The van der Waals surface area contributed by atoms with Crippen molar-refractivity contribution >= 4 is 17.9 Å². The van der Waals surface area contributed by atoms with E-state index in [0.717, 1.165) is 83.5 Å². The third-order valence-corrected chi connectivity index (χ3v) is 11.4. The second-order valence-electron chi connectivity index (χ2n) is 17.8. The minimum absolute atomic E-state index is 0.103. The summed E-state index contributed by atoms with van der Waals surface area (Å²) in [6.07, 6.45) is 66.1. The molecule has 0 aliphatic heterocycles.